The van der Waals surface area contributed by atoms with E-state index in [1.165, 1.54) is 0 Å². The first-order valence-corrected chi connectivity index (χ1v) is 10.9. The van der Waals surface area contributed by atoms with E-state index < -0.39 is 0 Å². The van der Waals surface area contributed by atoms with E-state index in [1.54, 1.807) is 14.2 Å². The summed E-state index contributed by atoms with van der Waals surface area (Å²) in [5.74, 6) is 1.54. The lowest BCUT2D eigenvalue weighted by Gasteiger charge is -2.35. The van der Waals surface area contributed by atoms with Crippen LogP contribution in [0.5, 0.6) is 11.5 Å². The second-order valence-electron chi connectivity index (χ2n) is 8.01. The Bertz CT molecular complexity index is 1020. The zero-order valence-corrected chi connectivity index (χ0v) is 18.6. The highest BCUT2D eigenvalue weighted by Crippen LogP contribution is 2.37. The number of aromatic nitrogens is 1. The van der Waals surface area contributed by atoms with Gasteiger partial charge < -0.3 is 24.3 Å². The number of piperazine rings is 1. The third-order valence-corrected chi connectivity index (χ3v) is 6.32. The number of hydrogen-bond acceptors (Lipinski definition) is 4. The van der Waals surface area contributed by atoms with Gasteiger partial charge in [0, 0.05) is 61.7 Å². The predicted octanol–water partition coefficient (Wildman–Crippen LogP) is 3.87. The van der Waals surface area contributed by atoms with Crippen molar-refractivity contribution in [3.8, 4) is 11.5 Å². The average molecular weight is 422 g/mol. The molecule has 1 aromatic heterocycles. The van der Waals surface area contributed by atoms with Gasteiger partial charge in [-0.25, -0.2) is 0 Å². The fourth-order valence-electron chi connectivity index (χ4n) is 4.44. The second-order valence-corrected chi connectivity index (χ2v) is 8.01. The van der Waals surface area contributed by atoms with Crippen LogP contribution in [0.25, 0.3) is 10.9 Å². The number of aromatic amines is 1. The summed E-state index contributed by atoms with van der Waals surface area (Å²) in [5, 5.41) is 1.14. The van der Waals surface area contributed by atoms with Gasteiger partial charge in [0.2, 0.25) is 5.91 Å². The molecule has 1 unspecified atom stereocenters. The molecule has 1 fully saturated rings. The molecule has 6 heteroatoms. The van der Waals surface area contributed by atoms with E-state index in [4.69, 9.17) is 9.47 Å². The Kier molecular flexibility index (Phi) is 6.47. The van der Waals surface area contributed by atoms with Crippen LogP contribution < -0.4 is 9.47 Å². The Hall–Kier alpha value is -2.99. The molecular formula is C25H31N3O3. The molecule has 0 saturated carbocycles. The summed E-state index contributed by atoms with van der Waals surface area (Å²) in [5.41, 5.74) is 3.20. The van der Waals surface area contributed by atoms with E-state index >= 15 is 0 Å². The Morgan fingerprint density at radius 2 is 1.71 bits per heavy atom. The van der Waals surface area contributed by atoms with Gasteiger partial charge >= 0.3 is 0 Å². The van der Waals surface area contributed by atoms with Gasteiger partial charge in [-0.15, -0.1) is 0 Å². The normalized spacial score (nSPS) is 15.8. The third kappa shape index (κ3) is 4.54. The molecule has 0 spiro atoms. The van der Waals surface area contributed by atoms with Crippen molar-refractivity contribution < 1.29 is 14.3 Å². The predicted molar refractivity (Wildman–Crippen MR) is 123 cm³/mol. The Morgan fingerprint density at radius 1 is 1.03 bits per heavy atom. The van der Waals surface area contributed by atoms with Gasteiger partial charge in [0.15, 0.2) is 0 Å². The van der Waals surface area contributed by atoms with Crippen LogP contribution in [0.1, 0.15) is 30.4 Å². The van der Waals surface area contributed by atoms with Crippen LogP contribution in [0, 0.1) is 0 Å². The van der Waals surface area contributed by atoms with E-state index in [0.717, 1.165) is 66.3 Å². The van der Waals surface area contributed by atoms with Crippen molar-refractivity contribution >= 4 is 16.8 Å². The summed E-state index contributed by atoms with van der Waals surface area (Å²) in [4.78, 5) is 21.1. The fraction of sp³-hybridized carbons (Fsp3) is 0.400. The van der Waals surface area contributed by atoms with Gasteiger partial charge in [-0.05, 0) is 35.9 Å². The number of carbonyl (C=O) groups is 1. The average Bonchev–Trinajstić information content (AvgIpc) is 3.26. The second kappa shape index (κ2) is 9.43. The van der Waals surface area contributed by atoms with Gasteiger partial charge in [0.05, 0.1) is 14.2 Å². The standard InChI is InChI=1S/C25H31N3O3/c1-4-27-9-11-28(12-10-27)25(29)16-22(18-13-19(30-2)15-20(14-18)31-3)23-17-26-24-8-6-5-7-21(23)24/h5-8,13-15,17,22,26H,4,9-12,16H2,1-3H3. The number of likely N-dealkylation sites (N-methyl/N-ethyl adjacent to an activating group) is 1. The number of fused-ring (bicyclic) bond motifs is 1. The molecule has 31 heavy (non-hydrogen) atoms. The van der Waals surface area contributed by atoms with Crippen molar-refractivity contribution in [2.75, 3.05) is 46.9 Å². The van der Waals surface area contributed by atoms with Crippen LogP contribution in [0.3, 0.4) is 0 Å². The highest BCUT2D eigenvalue weighted by molar-refractivity contribution is 5.86. The molecule has 1 aliphatic heterocycles. The number of benzene rings is 2. The van der Waals surface area contributed by atoms with E-state index in [0.29, 0.717) is 6.42 Å². The van der Waals surface area contributed by atoms with Crippen LogP contribution in [0.2, 0.25) is 0 Å². The van der Waals surface area contributed by atoms with Crippen LogP contribution in [0.15, 0.2) is 48.7 Å². The van der Waals surface area contributed by atoms with E-state index in [9.17, 15) is 4.79 Å². The first-order chi connectivity index (χ1) is 15.1. The molecule has 0 aliphatic carbocycles. The summed E-state index contributed by atoms with van der Waals surface area (Å²) in [7, 11) is 3.30. The molecule has 1 saturated heterocycles. The van der Waals surface area contributed by atoms with E-state index in [2.05, 4.69) is 28.9 Å². The minimum atomic E-state index is -0.100. The molecule has 2 heterocycles. The first kappa shape index (κ1) is 21.2. The summed E-state index contributed by atoms with van der Waals surface area (Å²) >= 11 is 0. The Labute approximate surface area is 183 Å². The minimum absolute atomic E-state index is 0.100. The third-order valence-electron chi connectivity index (χ3n) is 6.32. The number of amides is 1. The molecule has 0 bridgehead atoms. The molecule has 4 rings (SSSR count). The van der Waals surface area contributed by atoms with Crippen molar-refractivity contribution in [2.45, 2.75) is 19.3 Å². The summed E-state index contributed by atoms with van der Waals surface area (Å²) in [6.07, 6.45) is 2.44. The first-order valence-electron chi connectivity index (χ1n) is 10.9. The molecule has 1 atom stereocenters. The van der Waals surface area contributed by atoms with Gasteiger partial charge in [-0.3, -0.25) is 4.79 Å². The van der Waals surface area contributed by atoms with Crippen LogP contribution >= 0.6 is 0 Å². The zero-order valence-electron chi connectivity index (χ0n) is 18.6. The van der Waals surface area contributed by atoms with Gasteiger partial charge in [0.1, 0.15) is 11.5 Å². The molecule has 1 amide bonds. The summed E-state index contributed by atoms with van der Waals surface area (Å²) in [6, 6.07) is 14.1. The molecule has 1 N–H and O–H groups in total. The molecule has 2 aromatic carbocycles. The molecule has 6 nitrogen and oxygen atoms in total. The number of para-hydroxylation sites is 1. The van der Waals surface area contributed by atoms with E-state index in [-0.39, 0.29) is 11.8 Å². The molecule has 3 aromatic rings. The fourth-order valence-corrected chi connectivity index (χ4v) is 4.44. The van der Waals surface area contributed by atoms with Crippen molar-refractivity contribution in [3.63, 3.8) is 0 Å². The smallest absolute Gasteiger partial charge is 0.223 e. The number of nitrogens with zero attached hydrogens (tertiary/aromatic N) is 2. The largest absolute Gasteiger partial charge is 0.497 e. The Balaban J connectivity index is 1.69. The lowest BCUT2D eigenvalue weighted by atomic mass is 9.87. The number of carbonyl (C=O) groups excluding carboxylic acids is 1. The van der Waals surface area contributed by atoms with Gasteiger partial charge in [-0.2, -0.15) is 0 Å². The van der Waals surface area contributed by atoms with Crippen molar-refractivity contribution in [3.05, 3.63) is 59.8 Å². The monoisotopic (exact) mass is 421 g/mol. The topological polar surface area (TPSA) is 57.8 Å². The minimum Gasteiger partial charge on any atom is -0.497 e. The van der Waals surface area contributed by atoms with Crippen molar-refractivity contribution in [2.24, 2.45) is 0 Å². The van der Waals surface area contributed by atoms with Crippen LogP contribution in [-0.4, -0.2) is 67.6 Å². The maximum Gasteiger partial charge on any atom is 0.223 e. The lowest BCUT2D eigenvalue weighted by Crippen LogP contribution is -2.48. The highest BCUT2D eigenvalue weighted by atomic mass is 16.5. The number of hydrogen-bond donors (Lipinski definition) is 1. The number of nitrogens with one attached hydrogen (secondary N) is 1. The van der Waals surface area contributed by atoms with Crippen molar-refractivity contribution in [1.82, 2.24) is 14.8 Å². The number of ether oxygens (including phenoxy) is 2. The maximum atomic E-state index is 13.4. The zero-order chi connectivity index (χ0) is 21.8. The summed E-state index contributed by atoms with van der Waals surface area (Å²) in [6.45, 7) is 6.65. The maximum absolute atomic E-state index is 13.4. The molecular weight excluding hydrogens is 390 g/mol. The number of methoxy groups -OCH3 is 2. The number of rotatable bonds is 7. The molecule has 0 radical (unpaired) electrons. The summed E-state index contributed by atoms with van der Waals surface area (Å²) < 4.78 is 11.0. The quantitative estimate of drug-likeness (QED) is 0.629. The van der Waals surface area contributed by atoms with Gasteiger partial charge in [0.25, 0.3) is 0 Å². The molecule has 164 valence electrons. The van der Waals surface area contributed by atoms with E-state index in [1.807, 2.05) is 41.4 Å². The van der Waals surface area contributed by atoms with Crippen molar-refractivity contribution in [1.29, 1.82) is 0 Å². The van der Waals surface area contributed by atoms with Crippen LogP contribution in [-0.2, 0) is 4.79 Å². The molecule has 1 aliphatic rings. The Morgan fingerprint density at radius 3 is 2.35 bits per heavy atom. The van der Waals surface area contributed by atoms with Crippen LogP contribution in [0.4, 0.5) is 0 Å². The SMILES string of the molecule is CCN1CCN(C(=O)CC(c2cc(OC)cc(OC)c2)c2c[nH]c3ccccc23)CC1. The lowest BCUT2D eigenvalue weighted by molar-refractivity contribution is -0.133. The highest BCUT2D eigenvalue weighted by Gasteiger charge is 2.27. The number of H-pyrrole nitrogens is 1. The van der Waals surface area contributed by atoms with Gasteiger partial charge in [-0.1, -0.05) is 25.1 Å².